The standard InChI is InChI=1S/C61H75N3O17S2/c1-45-44-60(2,3)63(27-28-75-31-32-77-35-36-79-38-37-78-34-33-76-30-29-74-5)53-43-55-50(42-49(45)53)47(40-54(80-55)46-16-11-9-12-17-46)18-10-7-6-8-13-19-56-61(4,25-14-20-59(67)81-64-57(65)23-24-58(64)66)51-41-48(83(71,72)73)21-22-52(51)62(56)26-15-39-82(68,69)70/h6-13,16-19,21-22,40-44H,14-15,20,23-39H2,1-5H3,(H-,68,69,70,71,72,73)/p+1. The lowest BCUT2D eigenvalue weighted by atomic mass is 9.75. The van der Waals surface area contributed by atoms with E-state index in [-0.39, 0.29) is 55.5 Å². The number of hydrogen-bond acceptors (Lipinski definition) is 16. The normalized spacial score (nSPS) is 18.4. The molecule has 0 aromatic heterocycles. The quantitative estimate of drug-likeness (QED) is 0.0192. The van der Waals surface area contributed by atoms with Gasteiger partial charge in [-0.3, -0.25) is 18.7 Å². The molecule has 0 saturated carbocycles. The van der Waals surface area contributed by atoms with Crippen LogP contribution in [0.25, 0.3) is 16.9 Å². The van der Waals surface area contributed by atoms with Crippen LogP contribution in [0, 0.1) is 0 Å². The first-order chi connectivity index (χ1) is 39.7. The molecule has 0 aliphatic carbocycles. The number of carbonyl (C=O) groups excluding carboxylic acids is 3. The predicted octanol–water partition coefficient (Wildman–Crippen LogP) is 8.26. The van der Waals surface area contributed by atoms with Crippen molar-refractivity contribution >= 4 is 72.0 Å². The number of methoxy groups -OCH3 is 1. The molecule has 4 heterocycles. The number of hydroxylamine groups is 2. The molecular formula is C61H76N3O17S2+. The molecule has 0 spiro atoms. The third-order valence-electron chi connectivity index (χ3n) is 14.4. The van der Waals surface area contributed by atoms with Crippen LogP contribution in [0.5, 0.6) is 5.75 Å². The zero-order valence-corrected chi connectivity index (χ0v) is 49.4. The van der Waals surface area contributed by atoms with Gasteiger partial charge in [0.1, 0.15) is 18.1 Å². The molecule has 2 amide bonds. The Morgan fingerprint density at radius 3 is 1.99 bits per heavy atom. The van der Waals surface area contributed by atoms with E-state index in [2.05, 4.69) is 43.9 Å². The van der Waals surface area contributed by atoms with Crippen molar-refractivity contribution in [2.75, 3.05) is 104 Å². The summed E-state index contributed by atoms with van der Waals surface area (Å²) in [6.45, 7) is 14.3. The number of hydrogen-bond donors (Lipinski definition) is 2. The van der Waals surface area contributed by atoms with Crippen molar-refractivity contribution in [2.24, 2.45) is 0 Å². The van der Waals surface area contributed by atoms with E-state index in [1.807, 2.05) is 72.2 Å². The van der Waals surface area contributed by atoms with Gasteiger partial charge in [-0.05, 0) is 76.0 Å². The van der Waals surface area contributed by atoms with E-state index in [4.69, 9.17) is 38.0 Å². The van der Waals surface area contributed by atoms with Crippen LogP contribution in [0.15, 0.2) is 120 Å². The van der Waals surface area contributed by atoms with Gasteiger partial charge in [0.05, 0.1) is 94.3 Å². The molecule has 1 saturated heterocycles. The second-order valence-electron chi connectivity index (χ2n) is 20.8. The van der Waals surface area contributed by atoms with E-state index in [1.54, 1.807) is 25.3 Å². The van der Waals surface area contributed by atoms with Gasteiger partial charge in [0.25, 0.3) is 32.1 Å². The number of fused-ring (bicyclic) bond motifs is 3. The summed E-state index contributed by atoms with van der Waals surface area (Å²) in [6.07, 6.45) is 17.3. The third kappa shape index (κ3) is 17.8. The number of amides is 2. The fraction of sp³-hybridized carbons (Fsp3) is 0.443. The van der Waals surface area contributed by atoms with Crippen molar-refractivity contribution in [3.05, 3.63) is 138 Å². The lowest BCUT2D eigenvalue weighted by Crippen LogP contribution is -2.46. The van der Waals surface area contributed by atoms with Gasteiger partial charge in [0, 0.05) is 85.5 Å². The van der Waals surface area contributed by atoms with Crippen molar-refractivity contribution in [1.29, 1.82) is 0 Å². The van der Waals surface area contributed by atoms with Gasteiger partial charge in [-0.2, -0.15) is 21.4 Å². The van der Waals surface area contributed by atoms with E-state index in [0.29, 0.717) is 113 Å². The highest BCUT2D eigenvalue weighted by Crippen LogP contribution is 2.47. The van der Waals surface area contributed by atoms with Crippen molar-refractivity contribution in [2.45, 2.75) is 82.1 Å². The van der Waals surface area contributed by atoms with E-state index < -0.39 is 49.2 Å². The molecule has 2 N–H and O–H groups in total. The van der Waals surface area contributed by atoms with E-state index in [1.165, 1.54) is 18.2 Å². The van der Waals surface area contributed by atoms with Crippen LogP contribution in [0.4, 0.5) is 11.4 Å². The number of carbonyl (C=O) groups is 3. The minimum atomic E-state index is -4.66. The van der Waals surface area contributed by atoms with Gasteiger partial charge in [-0.1, -0.05) is 72.9 Å². The minimum absolute atomic E-state index is 0.00246. The summed E-state index contributed by atoms with van der Waals surface area (Å²) in [5, 5.41) is 0.477. The fourth-order valence-electron chi connectivity index (χ4n) is 10.3. The lowest BCUT2D eigenvalue weighted by molar-refractivity contribution is -0.437. The van der Waals surface area contributed by atoms with E-state index in [0.717, 1.165) is 33.5 Å². The van der Waals surface area contributed by atoms with Crippen LogP contribution >= 0.6 is 0 Å². The Hall–Kier alpha value is -6.44. The van der Waals surface area contributed by atoms with Gasteiger partial charge < -0.3 is 42.9 Å². The van der Waals surface area contributed by atoms with Crippen LogP contribution in [-0.4, -0.2) is 163 Å². The number of nitrogens with zero attached hydrogens (tertiary/aromatic N) is 3. The first kappa shape index (κ1) is 64.1. The predicted molar refractivity (Wildman–Crippen MR) is 313 cm³/mol. The number of rotatable bonds is 33. The van der Waals surface area contributed by atoms with E-state index in [9.17, 15) is 40.3 Å². The molecule has 1 atom stereocenters. The van der Waals surface area contributed by atoms with Crippen molar-refractivity contribution in [3.63, 3.8) is 0 Å². The van der Waals surface area contributed by atoms with Crippen molar-refractivity contribution < 1.29 is 82.9 Å². The summed E-state index contributed by atoms with van der Waals surface area (Å²) in [6, 6.07) is 18.3. The molecule has 0 radical (unpaired) electrons. The number of allylic oxidation sites excluding steroid dienone is 10. The van der Waals surface area contributed by atoms with Gasteiger partial charge in [0.15, 0.2) is 5.71 Å². The molecular weight excluding hydrogens is 1110 g/mol. The van der Waals surface area contributed by atoms with Crippen LogP contribution < -0.4 is 9.64 Å². The first-order valence-electron chi connectivity index (χ1n) is 27.7. The summed E-state index contributed by atoms with van der Waals surface area (Å²) in [4.78, 5) is 44.2. The first-order valence-corrected chi connectivity index (χ1v) is 30.7. The van der Waals surface area contributed by atoms with Crippen LogP contribution in [0.2, 0.25) is 0 Å². The second kappa shape index (κ2) is 29.9. The highest BCUT2D eigenvalue weighted by molar-refractivity contribution is 7.86. The Morgan fingerprint density at radius 1 is 0.747 bits per heavy atom. The van der Waals surface area contributed by atoms with Crippen LogP contribution in [-0.2, 0) is 73.3 Å². The summed E-state index contributed by atoms with van der Waals surface area (Å²) < 4.78 is 110. The Kier molecular flexibility index (Phi) is 23.1. The van der Waals surface area contributed by atoms with Gasteiger partial charge in [-0.25, -0.2) is 4.79 Å². The SMILES string of the molecule is COCCOCCOCCOCCOCCOCCN1c2cc3c(cc2C(C)=CC1(C)C)C(=CC=CC=CC=CC1=[N+](CCCS(=O)(=O)O)c2ccc(S(=O)(=O)O)cc2C1(C)CCCC(=O)ON1C(=O)CCC1=O)C=C(c1ccccc1)O3. The highest BCUT2D eigenvalue weighted by Gasteiger charge is 2.48. The van der Waals surface area contributed by atoms with Gasteiger partial charge in [-0.15, -0.1) is 5.06 Å². The Labute approximate surface area is 486 Å². The number of anilines is 1. The second-order valence-corrected chi connectivity index (χ2v) is 23.8. The maximum Gasteiger partial charge on any atom is 0.333 e. The Bertz CT molecular complexity index is 3240. The van der Waals surface area contributed by atoms with Gasteiger partial charge in [0.2, 0.25) is 5.69 Å². The van der Waals surface area contributed by atoms with Crippen LogP contribution in [0.3, 0.4) is 0 Å². The summed E-state index contributed by atoms with van der Waals surface area (Å²) in [5.41, 5.74) is 6.23. The van der Waals surface area contributed by atoms with Gasteiger partial charge >= 0.3 is 5.97 Å². The topological polar surface area (TPSA) is 243 Å². The molecule has 3 aromatic carbocycles. The van der Waals surface area contributed by atoms with Crippen molar-refractivity contribution in [3.8, 4) is 5.75 Å². The Balaban J connectivity index is 1.05. The summed E-state index contributed by atoms with van der Waals surface area (Å²) in [5.74, 6) is -1.20. The number of imide groups is 1. The summed E-state index contributed by atoms with van der Waals surface area (Å²) in [7, 11) is -7.35. The number of benzene rings is 3. The lowest BCUT2D eigenvalue weighted by Gasteiger charge is -2.44. The third-order valence-corrected chi connectivity index (χ3v) is 16.0. The molecule has 3 aromatic rings. The largest absolute Gasteiger partial charge is 0.456 e. The number of ether oxygens (including phenoxy) is 7. The monoisotopic (exact) mass is 1190 g/mol. The molecule has 1 unspecified atom stereocenters. The molecule has 83 heavy (non-hydrogen) atoms. The zero-order chi connectivity index (χ0) is 59.6. The maximum absolute atomic E-state index is 12.9. The summed E-state index contributed by atoms with van der Waals surface area (Å²) >= 11 is 0. The van der Waals surface area contributed by atoms with Crippen LogP contribution in [0.1, 0.15) is 88.5 Å². The molecule has 20 nitrogen and oxygen atoms in total. The molecule has 7 rings (SSSR count). The maximum atomic E-state index is 12.9. The average molecular weight is 1190 g/mol. The Morgan fingerprint density at radius 2 is 1.36 bits per heavy atom. The smallest absolute Gasteiger partial charge is 0.333 e. The molecule has 4 aliphatic rings. The fourth-order valence-corrected chi connectivity index (χ4v) is 11.3. The zero-order valence-electron chi connectivity index (χ0n) is 47.8. The average Bonchev–Trinajstić information content (AvgIpc) is 2.17. The molecule has 448 valence electrons. The highest BCUT2D eigenvalue weighted by atomic mass is 32.2. The van der Waals surface area contributed by atoms with Crippen molar-refractivity contribution in [1.82, 2.24) is 5.06 Å². The molecule has 4 aliphatic heterocycles. The minimum Gasteiger partial charge on any atom is -0.456 e. The van der Waals surface area contributed by atoms with E-state index >= 15 is 0 Å². The molecule has 22 heteroatoms. The molecule has 1 fully saturated rings. The molecule has 0 bridgehead atoms.